The number of carbonyl (C=O) groups is 1. The molecule has 0 atom stereocenters. The smallest absolute Gasteiger partial charge is 0.249 e. The fraction of sp³-hybridized carbons (Fsp3) is 0.133. The SMILES string of the molecule is O=C(CCn1cccc1)Nc1n[nH]c(-c2ccc(F)c(Cl)c2)n1. The van der Waals surface area contributed by atoms with E-state index in [0.717, 1.165) is 0 Å². The first-order chi connectivity index (χ1) is 11.1. The fourth-order valence-electron chi connectivity index (χ4n) is 2.03. The van der Waals surface area contributed by atoms with Gasteiger partial charge in [0.2, 0.25) is 11.9 Å². The van der Waals surface area contributed by atoms with Crippen molar-refractivity contribution in [1.82, 2.24) is 19.7 Å². The van der Waals surface area contributed by atoms with Crippen LogP contribution in [-0.2, 0) is 11.3 Å². The van der Waals surface area contributed by atoms with Crippen molar-refractivity contribution < 1.29 is 9.18 Å². The standard InChI is InChI=1S/C15H13ClFN5O/c16-11-9-10(3-4-12(11)17)14-19-15(21-20-14)18-13(23)5-8-22-6-1-2-7-22/h1-4,6-7,9H,5,8H2,(H2,18,19,20,21,23). The lowest BCUT2D eigenvalue weighted by Crippen LogP contribution is -2.14. The number of hydrogen-bond donors (Lipinski definition) is 2. The molecule has 0 saturated carbocycles. The number of rotatable bonds is 5. The van der Waals surface area contributed by atoms with E-state index in [0.29, 0.717) is 24.4 Å². The summed E-state index contributed by atoms with van der Waals surface area (Å²) < 4.78 is 15.1. The second-order valence-corrected chi connectivity index (χ2v) is 5.26. The van der Waals surface area contributed by atoms with E-state index in [9.17, 15) is 9.18 Å². The van der Waals surface area contributed by atoms with E-state index in [2.05, 4.69) is 20.5 Å². The van der Waals surface area contributed by atoms with Crippen LogP contribution in [-0.4, -0.2) is 25.7 Å². The Hall–Kier alpha value is -2.67. The lowest BCUT2D eigenvalue weighted by Gasteiger charge is -2.02. The van der Waals surface area contributed by atoms with Crippen molar-refractivity contribution in [1.29, 1.82) is 0 Å². The predicted octanol–water partition coefficient (Wildman–Crippen LogP) is 3.09. The van der Waals surface area contributed by atoms with Crippen molar-refractivity contribution in [2.45, 2.75) is 13.0 Å². The van der Waals surface area contributed by atoms with Crippen LogP contribution in [0.1, 0.15) is 6.42 Å². The number of anilines is 1. The zero-order valence-corrected chi connectivity index (χ0v) is 12.7. The first-order valence-electron chi connectivity index (χ1n) is 6.90. The largest absolute Gasteiger partial charge is 0.354 e. The number of benzene rings is 1. The molecule has 1 amide bonds. The molecule has 0 fully saturated rings. The van der Waals surface area contributed by atoms with Gasteiger partial charge >= 0.3 is 0 Å². The molecule has 1 aromatic carbocycles. The van der Waals surface area contributed by atoms with Crippen LogP contribution in [0.5, 0.6) is 0 Å². The Labute approximate surface area is 136 Å². The quantitative estimate of drug-likeness (QED) is 0.753. The summed E-state index contributed by atoms with van der Waals surface area (Å²) in [4.78, 5) is 16.0. The first-order valence-corrected chi connectivity index (χ1v) is 7.28. The average Bonchev–Trinajstić information content (AvgIpc) is 3.19. The monoisotopic (exact) mass is 333 g/mol. The lowest BCUT2D eigenvalue weighted by molar-refractivity contribution is -0.116. The predicted molar refractivity (Wildman–Crippen MR) is 84.5 cm³/mol. The van der Waals surface area contributed by atoms with Gasteiger partial charge in [-0.15, -0.1) is 5.10 Å². The number of aromatic amines is 1. The van der Waals surface area contributed by atoms with Gasteiger partial charge in [0, 0.05) is 30.9 Å². The average molecular weight is 334 g/mol. The van der Waals surface area contributed by atoms with Crippen LogP contribution in [0.2, 0.25) is 5.02 Å². The van der Waals surface area contributed by atoms with Crippen LogP contribution in [0, 0.1) is 5.82 Å². The summed E-state index contributed by atoms with van der Waals surface area (Å²) >= 11 is 5.74. The van der Waals surface area contributed by atoms with E-state index in [1.54, 1.807) is 0 Å². The van der Waals surface area contributed by atoms with Gasteiger partial charge < -0.3 is 4.57 Å². The molecule has 3 rings (SSSR count). The van der Waals surface area contributed by atoms with Gasteiger partial charge in [0.1, 0.15) is 5.82 Å². The lowest BCUT2D eigenvalue weighted by atomic mass is 10.2. The van der Waals surface area contributed by atoms with Gasteiger partial charge in [-0.3, -0.25) is 15.2 Å². The van der Waals surface area contributed by atoms with Crippen LogP contribution in [0.15, 0.2) is 42.7 Å². The molecule has 6 nitrogen and oxygen atoms in total. The van der Waals surface area contributed by atoms with Crippen molar-refractivity contribution in [2.75, 3.05) is 5.32 Å². The maximum Gasteiger partial charge on any atom is 0.249 e. The summed E-state index contributed by atoms with van der Waals surface area (Å²) in [6, 6.07) is 8.00. The van der Waals surface area contributed by atoms with Crippen LogP contribution in [0.3, 0.4) is 0 Å². The molecule has 0 bridgehead atoms. The van der Waals surface area contributed by atoms with E-state index in [1.165, 1.54) is 18.2 Å². The van der Waals surface area contributed by atoms with Gasteiger partial charge in [0.15, 0.2) is 5.82 Å². The van der Waals surface area contributed by atoms with Gasteiger partial charge in [-0.1, -0.05) is 11.6 Å². The van der Waals surface area contributed by atoms with Crippen LogP contribution in [0.4, 0.5) is 10.3 Å². The number of amides is 1. The Morgan fingerprint density at radius 3 is 2.87 bits per heavy atom. The number of halogens is 2. The number of carbonyl (C=O) groups excluding carboxylic acids is 1. The molecule has 2 N–H and O–H groups in total. The van der Waals surface area contributed by atoms with Crippen LogP contribution < -0.4 is 5.32 Å². The first kappa shape index (κ1) is 15.2. The highest BCUT2D eigenvalue weighted by Crippen LogP contribution is 2.22. The molecule has 3 aromatic rings. The molecule has 0 saturated heterocycles. The summed E-state index contributed by atoms with van der Waals surface area (Å²) in [5, 5.41) is 9.20. The molecule has 0 aliphatic heterocycles. The Bertz CT molecular complexity index is 815. The van der Waals surface area contributed by atoms with Gasteiger partial charge in [0.25, 0.3) is 0 Å². The van der Waals surface area contributed by atoms with Gasteiger partial charge in [0.05, 0.1) is 5.02 Å². The minimum atomic E-state index is -0.506. The van der Waals surface area contributed by atoms with E-state index >= 15 is 0 Å². The third-order valence-corrected chi connectivity index (χ3v) is 3.48. The third kappa shape index (κ3) is 3.75. The third-order valence-electron chi connectivity index (χ3n) is 3.19. The summed E-state index contributed by atoms with van der Waals surface area (Å²) in [6.45, 7) is 0.573. The Morgan fingerprint density at radius 1 is 1.35 bits per heavy atom. The van der Waals surface area contributed by atoms with Crippen molar-refractivity contribution in [3.8, 4) is 11.4 Å². The molecular weight excluding hydrogens is 321 g/mol. The van der Waals surface area contributed by atoms with Crippen molar-refractivity contribution in [3.63, 3.8) is 0 Å². The molecule has 0 radical (unpaired) electrons. The topological polar surface area (TPSA) is 75.6 Å². The summed E-state index contributed by atoms with van der Waals surface area (Å²) in [5.74, 6) is -0.138. The molecule has 0 unspecified atom stereocenters. The normalized spacial score (nSPS) is 10.7. The minimum absolute atomic E-state index is 0.00351. The van der Waals surface area contributed by atoms with E-state index < -0.39 is 5.82 Å². The zero-order valence-electron chi connectivity index (χ0n) is 12.0. The van der Waals surface area contributed by atoms with Crippen molar-refractivity contribution in [2.24, 2.45) is 0 Å². The highest BCUT2D eigenvalue weighted by molar-refractivity contribution is 6.31. The Balaban J connectivity index is 1.62. The van der Waals surface area contributed by atoms with Gasteiger partial charge in [-0.2, -0.15) is 4.98 Å². The minimum Gasteiger partial charge on any atom is -0.354 e. The number of nitrogens with zero attached hydrogens (tertiary/aromatic N) is 3. The molecule has 0 aliphatic carbocycles. The molecule has 0 aliphatic rings. The van der Waals surface area contributed by atoms with E-state index in [1.807, 2.05) is 29.1 Å². The number of aryl methyl sites for hydroxylation is 1. The second kappa shape index (κ2) is 6.62. The number of aromatic nitrogens is 4. The molecule has 2 heterocycles. The summed E-state index contributed by atoms with van der Waals surface area (Å²) in [7, 11) is 0. The molecular formula is C15H13ClFN5O. The molecule has 23 heavy (non-hydrogen) atoms. The number of nitrogens with one attached hydrogen (secondary N) is 2. The molecule has 118 valence electrons. The number of H-pyrrole nitrogens is 1. The maximum atomic E-state index is 13.2. The van der Waals surface area contributed by atoms with Crippen molar-refractivity contribution in [3.05, 3.63) is 53.6 Å². The molecule has 0 spiro atoms. The molecule has 8 heteroatoms. The highest BCUT2D eigenvalue weighted by Gasteiger charge is 2.10. The van der Waals surface area contributed by atoms with Gasteiger partial charge in [-0.05, 0) is 30.3 Å². The fourth-order valence-corrected chi connectivity index (χ4v) is 2.21. The Kier molecular flexibility index (Phi) is 4.38. The summed E-state index contributed by atoms with van der Waals surface area (Å²) in [6.07, 6.45) is 4.08. The van der Waals surface area contributed by atoms with Crippen LogP contribution in [0.25, 0.3) is 11.4 Å². The second-order valence-electron chi connectivity index (χ2n) is 4.86. The van der Waals surface area contributed by atoms with E-state index in [-0.39, 0.29) is 16.9 Å². The van der Waals surface area contributed by atoms with E-state index in [4.69, 9.17) is 11.6 Å². The van der Waals surface area contributed by atoms with Gasteiger partial charge in [-0.25, -0.2) is 4.39 Å². The molecule has 2 aromatic heterocycles. The van der Waals surface area contributed by atoms with Crippen molar-refractivity contribution >= 4 is 23.5 Å². The number of hydrogen-bond acceptors (Lipinski definition) is 3. The highest BCUT2D eigenvalue weighted by atomic mass is 35.5. The maximum absolute atomic E-state index is 13.2. The Morgan fingerprint density at radius 2 is 2.13 bits per heavy atom. The summed E-state index contributed by atoms with van der Waals surface area (Å²) in [5.41, 5.74) is 0.580. The van der Waals surface area contributed by atoms with Crippen LogP contribution >= 0.6 is 11.6 Å². The zero-order chi connectivity index (χ0) is 16.2.